The van der Waals surface area contributed by atoms with Gasteiger partial charge in [-0.15, -0.1) is 0 Å². The van der Waals surface area contributed by atoms with Crippen LogP contribution in [0, 0.1) is 13.8 Å². The van der Waals surface area contributed by atoms with Crippen molar-refractivity contribution in [1.82, 2.24) is 9.78 Å². The maximum absolute atomic E-state index is 13.3. The highest BCUT2D eigenvalue weighted by Crippen LogP contribution is 2.29. The molecule has 4 rings (SSSR count). The number of hydrogen-bond donors (Lipinski definition) is 2. The van der Waals surface area contributed by atoms with E-state index in [4.69, 9.17) is 4.99 Å². The minimum Gasteiger partial charge on any atom is -0.506 e. The van der Waals surface area contributed by atoms with Crippen LogP contribution in [0.2, 0.25) is 0 Å². The standard InChI is InChI=1S/C24H21N3O2/c1-16-13-14-21(28)20(15-16)25-23(18-9-5-3-6-10-18)22-17(2)26-27(24(22)29)19-11-7-4-8-12-19/h3-15,26,28H,1-2H3. The van der Waals surface area contributed by atoms with Crippen LogP contribution in [0.3, 0.4) is 0 Å². The molecule has 0 fully saturated rings. The van der Waals surface area contributed by atoms with Gasteiger partial charge in [-0.25, -0.2) is 9.67 Å². The van der Waals surface area contributed by atoms with Crippen molar-refractivity contribution < 1.29 is 5.11 Å². The van der Waals surface area contributed by atoms with Crippen molar-refractivity contribution in [3.63, 3.8) is 0 Å². The van der Waals surface area contributed by atoms with Crippen LogP contribution < -0.4 is 5.56 Å². The van der Waals surface area contributed by atoms with Gasteiger partial charge in [0.05, 0.1) is 17.0 Å². The molecule has 0 saturated carbocycles. The van der Waals surface area contributed by atoms with Crippen molar-refractivity contribution >= 4 is 11.4 Å². The Bertz CT molecular complexity index is 1240. The Morgan fingerprint density at radius 2 is 1.59 bits per heavy atom. The lowest BCUT2D eigenvalue weighted by Gasteiger charge is -2.08. The maximum atomic E-state index is 13.3. The number of phenols is 1. The number of phenolic OH excluding ortho intramolecular Hbond substituents is 1. The monoisotopic (exact) mass is 383 g/mol. The molecule has 3 aromatic carbocycles. The molecule has 0 amide bonds. The summed E-state index contributed by atoms with van der Waals surface area (Å²) in [5, 5.41) is 13.5. The molecular weight excluding hydrogens is 362 g/mol. The first-order chi connectivity index (χ1) is 14.0. The molecule has 0 radical (unpaired) electrons. The predicted molar refractivity (Wildman–Crippen MR) is 116 cm³/mol. The molecular formula is C24H21N3O2. The van der Waals surface area contributed by atoms with E-state index in [1.807, 2.05) is 80.6 Å². The number of hydrogen-bond acceptors (Lipinski definition) is 3. The molecule has 0 bridgehead atoms. The molecule has 0 spiro atoms. The molecule has 5 heteroatoms. The predicted octanol–water partition coefficient (Wildman–Crippen LogP) is 4.66. The lowest BCUT2D eigenvalue weighted by Crippen LogP contribution is -2.21. The zero-order valence-electron chi connectivity index (χ0n) is 16.3. The zero-order chi connectivity index (χ0) is 20.4. The highest BCUT2D eigenvalue weighted by atomic mass is 16.3. The number of aryl methyl sites for hydroxylation is 2. The van der Waals surface area contributed by atoms with Gasteiger partial charge in [-0.2, -0.15) is 0 Å². The highest BCUT2D eigenvalue weighted by Gasteiger charge is 2.20. The number of aromatic nitrogens is 2. The lowest BCUT2D eigenvalue weighted by molar-refractivity contribution is 0.477. The number of aliphatic imine (C=N–C) groups is 1. The van der Waals surface area contributed by atoms with E-state index < -0.39 is 0 Å². The molecule has 0 aliphatic rings. The van der Waals surface area contributed by atoms with Gasteiger partial charge in [-0.1, -0.05) is 54.6 Å². The Morgan fingerprint density at radius 1 is 0.931 bits per heavy atom. The number of nitrogens with zero attached hydrogens (tertiary/aromatic N) is 2. The third kappa shape index (κ3) is 3.62. The number of rotatable bonds is 4. The van der Waals surface area contributed by atoms with Gasteiger partial charge >= 0.3 is 0 Å². The average molecular weight is 383 g/mol. The Labute approximate surface area is 168 Å². The summed E-state index contributed by atoms with van der Waals surface area (Å²) in [6.07, 6.45) is 0. The summed E-state index contributed by atoms with van der Waals surface area (Å²) < 4.78 is 1.51. The number of nitrogens with one attached hydrogen (secondary N) is 1. The largest absolute Gasteiger partial charge is 0.506 e. The quantitative estimate of drug-likeness (QED) is 0.503. The topological polar surface area (TPSA) is 70.4 Å². The molecule has 0 unspecified atom stereocenters. The SMILES string of the molecule is Cc1ccc(O)c(N=C(c2ccccc2)c2c(C)[nH]n(-c3ccccc3)c2=O)c1. The molecule has 1 heterocycles. The van der Waals surface area contributed by atoms with Crippen LogP contribution in [-0.4, -0.2) is 20.6 Å². The summed E-state index contributed by atoms with van der Waals surface area (Å²) in [4.78, 5) is 18.1. The fourth-order valence-electron chi connectivity index (χ4n) is 3.29. The average Bonchev–Trinajstić information content (AvgIpc) is 3.04. The summed E-state index contributed by atoms with van der Waals surface area (Å²) in [6, 6.07) is 24.2. The molecule has 144 valence electrons. The van der Waals surface area contributed by atoms with Gasteiger partial charge in [0.1, 0.15) is 11.4 Å². The Morgan fingerprint density at radius 3 is 2.28 bits per heavy atom. The van der Waals surface area contributed by atoms with Gasteiger partial charge in [-0.05, 0) is 43.7 Å². The third-order valence-corrected chi connectivity index (χ3v) is 4.73. The minimum atomic E-state index is -0.191. The summed E-state index contributed by atoms with van der Waals surface area (Å²) in [7, 11) is 0. The van der Waals surface area contributed by atoms with Crippen molar-refractivity contribution in [3.05, 3.63) is 112 Å². The Hall–Kier alpha value is -3.86. The molecule has 0 aliphatic heterocycles. The second kappa shape index (κ2) is 7.64. The summed E-state index contributed by atoms with van der Waals surface area (Å²) >= 11 is 0. The van der Waals surface area contributed by atoms with Crippen LogP contribution >= 0.6 is 0 Å². The van der Waals surface area contributed by atoms with E-state index >= 15 is 0 Å². The number of H-pyrrole nitrogens is 1. The second-order valence-corrected chi connectivity index (χ2v) is 6.91. The first-order valence-corrected chi connectivity index (χ1v) is 9.36. The van der Waals surface area contributed by atoms with E-state index in [9.17, 15) is 9.90 Å². The molecule has 0 saturated heterocycles. The molecule has 4 aromatic rings. The first kappa shape index (κ1) is 18.5. The lowest BCUT2D eigenvalue weighted by atomic mass is 10.0. The normalized spacial score (nSPS) is 11.6. The fraction of sp³-hybridized carbons (Fsp3) is 0.0833. The number of aromatic amines is 1. The number of para-hydroxylation sites is 1. The van der Waals surface area contributed by atoms with E-state index in [0.717, 1.165) is 16.8 Å². The third-order valence-electron chi connectivity index (χ3n) is 4.73. The van der Waals surface area contributed by atoms with Crippen LogP contribution in [0.4, 0.5) is 5.69 Å². The van der Waals surface area contributed by atoms with Crippen LogP contribution in [-0.2, 0) is 0 Å². The van der Waals surface area contributed by atoms with E-state index in [-0.39, 0.29) is 11.3 Å². The van der Waals surface area contributed by atoms with Gasteiger partial charge in [0.15, 0.2) is 0 Å². The van der Waals surface area contributed by atoms with Crippen molar-refractivity contribution in [2.24, 2.45) is 4.99 Å². The summed E-state index contributed by atoms with van der Waals surface area (Å²) in [5.41, 5.74) is 4.44. The molecule has 0 atom stereocenters. The van der Waals surface area contributed by atoms with E-state index in [0.29, 0.717) is 22.7 Å². The van der Waals surface area contributed by atoms with Crippen molar-refractivity contribution in [2.45, 2.75) is 13.8 Å². The zero-order valence-corrected chi connectivity index (χ0v) is 16.3. The van der Waals surface area contributed by atoms with Crippen LogP contribution in [0.1, 0.15) is 22.4 Å². The van der Waals surface area contributed by atoms with E-state index in [2.05, 4.69) is 5.10 Å². The second-order valence-electron chi connectivity index (χ2n) is 6.91. The van der Waals surface area contributed by atoms with Crippen LogP contribution in [0.5, 0.6) is 5.75 Å². The molecule has 5 nitrogen and oxygen atoms in total. The molecule has 2 N–H and O–H groups in total. The Kier molecular flexibility index (Phi) is 4.87. The van der Waals surface area contributed by atoms with Crippen molar-refractivity contribution in [2.75, 3.05) is 0 Å². The van der Waals surface area contributed by atoms with Gasteiger partial charge in [-0.3, -0.25) is 9.89 Å². The summed E-state index contributed by atoms with van der Waals surface area (Å²) in [5.74, 6) is 0.0700. The number of aromatic hydroxyl groups is 1. The minimum absolute atomic E-state index is 0.0700. The van der Waals surface area contributed by atoms with Crippen LogP contribution in [0.25, 0.3) is 5.69 Å². The van der Waals surface area contributed by atoms with Gasteiger partial charge in [0, 0.05) is 11.3 Å². The highest BCUT2D eigenvalue weighted by molar-refractivity contribution is 6.14. The molecule has 29 heavy (non-hydrogen) atoms. The number of benzene rings is 3. The molecule has 0 aliphatic carbocycles. The van der Waals surface area contributed by atoms with Crippen LogP contribution in [0.15, 0.2) is 88.6 Å². The molecule has 1 aromatic heterocycles. The summed E-state index contributed by atoms with van der Waals surface area (Å²) in [6.45, 7) is 3.79. The van der Waals surface area contributed by atoms with Gasteiger partial charge in [0.25, 0.3) is 5.56 Å². The maximum Gasteiger partial charge on any atom is 0.280 e. The smallest absolute Gasteiger partial charge is 0.280 e. The Balaban J connectivity index is 1.97. The van der Waals surface area contributed by atoms with Gasteiger partial charge in [0.2, 0.25) is 0 Å². The van der Waals surface area contributed by atoms with Crippen molar-refractivity contribution in [1.29, 1.82) is 0 Å². The van der Waals surface area contributed by atoms with Gasteiger partial charge < -0.3 is 5.11 Å². The van der Waals surface area contributed by atoms with E-state index in [1.165, 1.54) is 4.68 Å². The van der Waals surface area contributed by atoms with Crippen molar-refractivity contribution in [3.8, 4) is 11.4 Å². The fourth-order valence-corrected chi connectivity index (χ4v) is 3.29. The first-order valence-electron chi connectivity index (χ1n) is 9.36. The van der Waals surface area contributed by atoms with E-state index in [1.54, 1.807) is 12.1 Å².